The molecule has 0 radical (unpaired) electrons. The molecule has 5 heteroatoms. The van der Waals surface area contributed by atoms with Crippen LogP contribution < -0.4 is 5.32 Å². The Balaban J connectivity index is 1.05. The van der Waals surface area contributed by atoms with E-state index in [4.69, 9.17) is 15.0 Å². The summed E-state index contributed by atoms with van der Waals surface area (Å²) in [5, 5.41) is 6.05. The molecule has 2 unspecified atom stereocenters. The Morgan fingerprint density at radius 2 is 1.25 bits per heavy atom. The molecule has 0 amide bonds. The first-order valence-corrected chi connectivity index (χ1v) is 17.7. The lowest BCUT2D eigenvalue weighted by atomic mass is 9.95. The molecule has 4 heterocycles. The summed E-state index contributed by atoms with van der Waals surface area (Å²) in [4.78, 5) is 17.4. The van der Waals surface area contributed by atoms with Crippen LogP contribution in [0.3, 0.4) is 0 Å². The molecule has 5 nitrogen and oxygen atoms in total. The maximum atomic E-state index is 5.26. The molecule has 5 aromatic carbocycles. The highest BCUT2D eigenvalue weighted by Gasteiger charge is 2.29. The van der Waals surface area contributed by atoms with Crippen LogP contribution in [0, 0.1) is 6.92 Å². The van der Waals surface area contributed by atoms with Crippen molar-refractivity contribution in [3.63, 3.8) is 0 Å². The fourth-order valence-corrected chi connectivity index (χ4v) is 7.37. The fraction of sp³-hybridized carbons (Fsp3) is 0.0851. The van der Waals surface area contributed by atoms with Gasteiger partial charge in [-0.15, -0.1) is 0 Å². The zero-order chi connectivity index (χ0) is 35.0. The van der Waals surface area contributed by atoms with Gasteiger partial charge >= 0.3 is 0 Å². The number of benzene rings is 5. The lowest BCUT2D eigenvalue weighted by Crippen LogP contribution is -2.41. The standard InChI is InChI=1S/C47H37N5/c1-31-28-42(50-46-39(31)25-23-36-24-26-40(49-45(36)46)33-12-5-3-6-13-33)38-17-11-16-37(29-38)32-19-21-34(22-20-32)43-30-44(35-14-7-4-8-15-35)52(2)47(51-43)41-18-9-10-27-48-41/h3-30,43,47,51H,1-2H3. The van der Waals surface area contributed by atoms with E-state index in [1.54, 1.807) is 0 Å². The van der Waals surface area contributed by atoms with Crippen molar-refractivity contribution < 1.29 is 0 Å². The zero-order valence-corrected chi connectivity index (χ0v) is 29.1. The van der Waals surface area contributed by atoms with Crippen molar-refractivity contribution in [3.8, 4) is 33.6 Å². The number of nitrogens with one attached hydrogen (secondary N) is 1. The third kappa shape index (κ3) is 5.91. The molecule has 0 aliphatic carbocycles. The Bertz CT molecular complexity index is 2570. The summed E-state index contributed by atoms with van der Waals surface area (Å²) in [7, 11) is 2.13. The maximum Gasteiger partial charge on any atom is 0.124 e. The fourth-order valence-electron chi connectivity index (χ4n) is 7.37. The number of fused-ring (bicyclic) bond motifs is 3. The second kappa shape index (κ2) is 13.4. The van der Waals surface area contributed by atoms with Crippen LogP contribution in [-0.4, -0.2) is 26.9 Å². The third-order valence-corrected chi connectivity index (χ3v) is 10.1. The second-order valence-electron chi connectivity index (χ2n) is 13.5. The quantitative estimate of drug-likeness (QED) is 0.178. The highest BCUT2D eigenvalue weighted by molar-refractivity contribution is 6.05. The molecule has 52 heavy (non-hydrogen) atoms. The summed E-state index contributed by atoms with van der Waals surface area (Å²) in [6.45, 7) is 2.16. The molecule has 0 saturated heterocycles. The minimum Gasteiger partial charge on any atom is -0.353 e. The molecule has 2 atom stereocenters. The highest BCUT2D eigenvalue weighted by Crippen LogP contribution is 2.37. The summed E-state index contributed by atoms with van der Waals surface area (Å²) >= 11 is 0. The number of hydrogen-bond donors (Lipinski definition) is 1. The molecule has 0 bridgehead atoms. The molecular formula is C47H37N5. The topological polar surface area (TPSA) is 53.9 Å². The Morgan fingerprint density at radius 3 is 2.02 bits per heavy atom. The van der Waals surface area contributed by atoms with Gasteiger partial charge in [-0.05, 0) is 71.1 Å². The average molecular weight is 672 g/mol. The van der Waals surface area contributed by atoms with Gasteiger partial charge in [0.1, 0.15) is 6.17 Å². The van der Waals surface area contributed by atoms with Gasteiger partial charge in [0.05, 0.1) is 34.2 Å². The van der Waals surface area contributed by atoms with Gasteiger partial charge in [-0.25, -0.2) is 9.97 Å². The number of rotatable bonds is 6. The highest BCUT2D eigenvalue weighted by atomic mass is 15.3. The van der Waals surface area contributed by atoms with Gasteiger partial charge in [0.15, 0.2) is 0 Å². The number of pyridine rings is 3. The normalized spacial score (nSPS) is 15.9. The van der Waals surface area contributed by atoms with Crippen LogP contribution in [-0.2, 0) is 0 Å². The summed E-state index contributed by atoms with van der Waals surface area (Å²) in [6, 6.07) is 55.4. The third-order valence-electron chi connectivity index (χ3n) is 10.1. The summed E-state index contributed by atoms with van der Waals surface area (Å²) in [6.07, 6.45) is 4.11. The summed E-state index contributed by atoms with van der Waals surface area (Å²) < 4.78 is 0. The van der Waals surface area contributed by atoms with Gasteiger partial charge in [0.25, 0.3) is 0 Å². The molecule has 9 rings (SSSR count). The van der Waals surface area contributed by atoms with Crippen LogP contribution >= 0.6 is 0 Å². The number of aromatic nitrogens is 3. The Kier molecular flexibility index (Phi) is 8.11. The van der Waals surface area contributed by atoms with E-state index in [1.807, 2.05) is 24.4 Å². The van der Waals surface area contributed by atoms with Gasteiger partial charge in [-0.1, -0.05) is 127 Å². The van der Waals surface area contributed by atoms with E-state index < -0.39 is 0 Å². The molecule has 8 aromatic rings. The van der Waals surface area contributed by atoms with Gasteiger partial charge in [0, 0.05) is 40.8 Å². The Hall–Kier alpha value is -6.43. The molecular weight excluding hydrogens is 635 g/mol. The molecule has 3 aromatic heterocycles. The van der Waals surface area contributed by atoms with E-state index in [9.17, 15) is 0 Å². The molecule has 0 saturated carbocycles. The van der Waals surface area contributed by atoms with E-state index in [0.29, 0.717) is 0 Å². The van der Waals surface area contributed by atoms with Crippen molar-refractivity contribution in [2.75, 3.05) is 7.05 Å². The molecule has 1 N–H and O–H groups in total. The smallest absolute Gasteiger partial charge is 0.124 e. The first-order chi connectivity index (χ1) is 25.6. The summed E-state index contributed by atoms with van der Waals surface area (Å²) in [5.74, 6) is 0. The Morgan fingerprint density at radius 1 is 0.558 bits per heavy atom. The number of nitrogens with zero attached hydrogens (tertiary/aromatic N) is 4. The molecule has 0 spiro atoms. The molecule has 0 fully saturated rings. The van der Waals surface area contributed by atoms with Crippen LogP contribution in [0.2, 0.25) is 0 Å². The monoisotopic (exact) mass is 671 g/mol. The average Bonchev–Trinajstić information content (AvgIpc) is 3.21. The SMILES string of the molecule is Cc1cc(-c2cccc(-c3ccc(C4C=C(c5ccccc5)N(C)C(c5ccccn5)N4)cc3)c2)nc2c1ccc1ccc(-c3ccccc3)nc12. The van der Waals surface area contributed by atoms with E-state index in [0.717, 1.165) is 61.1 Å². The lowest BCUT2D eigenvalue weighted by molar-refractivity contribution is 0.258. The lowest BCUT2D eigenvalue weighted by Gasteiger charge is -2.39. The first kappa shape index (κ1) is 31.5. The van der Waals surface area contributed by atoms with E-state index >= 15 is 0 Å². The van der Waals surface area contributed by atoms with Gasteiger partial charge in [-0.2, -0.15) is 0 Å². The van der Waals surface area contributed by atoms with E-state index in [2.05, 4.69) is 170 Å². The number of hydrogen-bond acceptors (Lipinski definition) is 5. The predicted octanol–water partition coefficient (Wildman–Crippen LogP) is 10.8. The van der Waals surface area contributed by atoms with Crippen LogP contribution in [0.1, 0.15) is 34.6 Å². The van der Waals surface area contributed by atoms with Crippen molar-refractivity contribution in [1.82, 2.24) is 25.2 Å². The first-order valence-electron chi connectivity index (χ1n) is 17.7. The Labute approximate surface area is 304 Å². The number of aryl methyl sites for hydroxylation is 1. The van der Waals surface area contributed by atoms with Crippen molar-refractivity contribution in [1.29, 1.82) is 0 Å². The van der Waals surface area contributed by atoms with Crippen LogP contribution in [0.4, 0.5) is 0 Å². The van der Waals surface area contributed by atoms with Crippen molar-refractivity contribution in [2.24, 2.45) is 0 Å². The molecule has 1 aliphatic heterocycles. The zero-order valence-electron chi connectivity index (χ0n) is 29.1. The van der Waals surface area contributed by atoms with E-state index in [1.165, 1.54) is 22.4 Å². The largest absolute Gasteiger partial charge is 0.353 e. The minimum atomic E-state index is -0.0714. The van der Waals surface area contributed by atoms with Gasteiger partial charge < -0.3 is 4.90 Å². The summed E-state index contributed by atoms with van der Waals surface area (Å²) in [5.41, 5.74) is 13.9. The molecule has 250 valence electrons. The van der Waals surface area contributed by atoms with E-state index in [-0.39, 0.29) is 12.2 Å². The second-order valence-corrected chi connectivity index (χ2v) is 13.5. The van der Waals surface area contributed by atoms with Crippen LogP contribution in [0.5, 0.6) is 0 Å². The maximum absolute atomic E-state index is 5.26. The van der Waals surface area contributed by atoms with Crippen molar-refractivity contribution in [3.05, 3.63) is 192 Å². The van der Waals surface area contributed by atoms with Gasteiger partial charge in [0.2, 0.25) is 0 Å². The molecule has 1 aliphatic rings. The van der Waals surface area contributed by atoms with Crippen molar-refractivity contribution in [2.45, 2.75) is 19.1 Å². The van der Waals surface area contributed by atoms with Gasteiger partial charge in [-0.3, -0.25) is 10.3 Å². The van der Waals surface area contributed by atoms with Crippen LogP contribution in [0.25, 0.3) is 61.1 Å². The van der Waals surface area contributed by atoms with Crippen LogP contribution in [0.15, 0.2) is 170 Å². The van der Waals surface area contributed by atoms with Crippen molar-refractivity contribution >= 4 is 27.5 Å². The minimum absolute atomic E-state index is 0.00871. The predicted molar refractivity (Wildman–Crippen MR) is 213 cm³/mol.